The van der Waals surface area contributed by atoms with Crippen molar-refractivity contribution in [3.8, 4) is 5.75 Å². The van der Waals surface area contributed by atoms with Crippen molar-refractivity contribution in [3.05, 3.63) is 29.8 Å². The Morgan fingerprint density at radius 3 is 2.47 bits per heavy atom. The molecule has 0 saturated carbocycles. The van der Waals surface area contributed by atoms with E-state index in [4.69, 9.17) is 4.74 Å². The number of likely N-dealkylation sites (N-methyl/N-ethyl adjacent to an activating group) is 1. The molecule has 3 nitrogen and oxygen atoms in total. The molecule has 0 radical (unpaired) electrons. The molecule has 0 aromatic heterocycles. The molecule has 0 amide bonds. The Morgan fingerprint density at radius 1 is 1.35 bits per heavy atom. The molecule has 94 valence electrons. The van der Waals surface area contributed by atoms with E-state index in [1.165, 1.54) is 0 Å². The lowest BCUT2D eigenvalue weighted by atomic mass is 9.88. The number of hydrogen-bond donors (Lipinski definition) is 0. The summed E-state index contributed by atoms with van der Waals surface area (Å²) in [6.45, 7) is 2.03. The minimum atomic E-state index is -0.450. The molecule has 1 rings (SSSR count). The summed E-state index contributed by atoms with van der Waals surface area (Å²) in [4.78, 5) is 13.4. The molecule has 0 bridgehead atoms. The van der Waals surface area contributed by atoms with Crippen LogP contribution in [0.15, 0.2) is 24.3 Å². The third kappa shape index (κ3) is 2.86. The van der Waals surface area contributed by atoms with E-state index in [9.17, 15) is 4.79 Å². The number of methoxy groups -OCH3 is 1. The molecule has 0 aliphatic heterocycles. The van der Waals surface area contributed by atoms with Gasteiger partial charge in [-0.1, -0.05) is 25.1 Å². The first-order valence-electron chi connectivity index (χ1n) is 5.85. The molecule has 3 heteroatoms. The van der Waals surface area contributed by atoms with Crippen molar-refractivity contribution >= 4 is 6.29 Å². The largest absolute Gasteiger partial charge is 0.496 e. The number of para-hydroxylation sites is 1. The van der Waals surface area contributed by atoms with Gasteiger partial charge in [0.15, 0.2) is 0 Å². The molecule has 0 aliphatic rings. The zero-order valence-corrected chi connectivity index (χ0v) is 11.1. The highest BCUT2D eigenvalue weighted by atomic mass is 16.5. The monoisotopic (exact) mass is 235 g/mol. The molecule has 0 spiro atoms. The molecule has 0 N–H and O–H groups in total. The van der Waals surface area contributed by atoms with Crippen LogP contribution in [0.1, 0.15) is 18.9 Å². The van der Waals surface area contributed by atoms with Gasteiger partial charge in [-0.25, -0.2) is 0 Å². The molecule has 1 atom stereocenters. The summed E-state index contributed by atoms with van der Waals surface area (Å²) < 4.78 is 5.33. The Hall–Kier alpha value is -1.35. The minimum Gasteiger partial charge on any atom is -0.496 e. The summed E-state index contributed by atoms with van der Waals surface area (Å²) in [5.41, 5.74) is 0.618. The molecule has 1 aromatic carbocycles. The van der Waals surface area contributed by atoms with Crippen molar-refractivity contribution in [3.63, 3.8) is 0 Å². The summed E-state index contributed by atoms with van der Waals surface area (Å²) in [7, 11) is 5.53. The fourth-order valence-corrected chi connectivity index (χ4v) is 2.01. The molecule has 0 fully saturated rings. The first-order valence-corrected chi connectivity index (χ1v) is 5.85. The van der Waals surface area contributed by atoms with Crippen LogP contribution in [0.5, 0.6) is 5.75 Å². The maximum absolute atomic E-state index is 11.4. The highest BCUT2D eigenvalue weighted by Gasteiger charge is 2.31. The van der Waals surface area contributed by atoms with Gasteiger partial charge in [-0.05, 0) is 32.1 Å². The average Bonchev–Trinajstić information content (AvgIpc) is 2.36. The Labute approximate surface area is 103 Å². The van der Waals surface area contributed by atoms with Crippen LogP contribution in [0.25, 0.3) is 0 Å². The number of hydrogen-bond acceptors (Lipinski definition) is 3. The van der Waals surface area contributed by atoms with Gasteiger partial charge in [0.05, 0.1) is 12.6 Å². The van der Waals surface area contributed by atoms with Gasteiger partial charge in [0.2, 0.25) is 0 Å². The molecule has 0 aliphatic carbocycles. The second-order valence-electron chi connectivity index (χ2n) is 4.46. The van der Waals surface area contributed by atoms with Gasteiger partial charge >= 0.3 is 0 Å². The maximum Gasteiger partial charge on any atom is 0.140 e. The second-order valence-corrected chi connectivity index (χ2v) is 4.46. The van der Waals surface area contributed by atoms with E-state index in [2.05, 4.69) is 0 Å². The van der Waals surface area contributed by atoms with Crippen molar-refractivity contribution in [2.75, 3.05) is 21.2 Å². The zero-order valence-electron chi connectivity index (χ0n) is 11.1. The van der Waals surface area contributed by atoms with Gasteiger partial charge in [-0.3, -0.25) is 4.90 Å². The summed E-state index contributed by atoms with van der Waals surface area (Å²) in [6, 6.07) is 7.84. The molecular formula is C14H21NO2. The van der Waals surface area contributed by atoms with Crippen molar-refractivity contribution in [1.82, 2.24) is 4.90 Å². The first-order chi connectivity index (χ1) is 8.09. The van der Waals surface area contributed by atoms with Crippen molar-refractivity contribution in [2.45, 2.75) is 25.3 Å². The molecule has 0 saturated heterocycles. The molecule has 1 unspecified atom stereocenters. The topological polar surface area (TPSA) is 29.5 Å². The molecule has 0 heterocycles. The lowest BCUT2D eigenvalue weighted by Crippen LogP contribution is -2.47. The minimum absolute atomic E-state index is 0.450. The fourth-order valence-electron chi connectivity index (χ4n) is 2.01. The number of ether oxygens (including phenoxy) is 1. The number of aldehydes is 1. The third-order valence-corrected chi connectivity index (χ3v) is 3.41. The summed E-state index contributed by atoms with van der Waals surface area (Å²) in [5.74, 6) is 0.842. The van der Waals surface area contributed by atoms with E-state index in [-0.39, 0.29) is 0 Å². The van der Waals surface area contributed by atoms with E-state index >= 15 is 0 Å². The van der Waals surface area contributed by atoms with Crippen LogP contribution in [0.3, 0.4) is 0 Å². The molecule has 17 heavy (non-hydrogen) atoms. The van der Waals surface area contributed by atoms with Crippen molar-refractivity contribution < 1.29 is 9.53 Å². The van der Waals surface area contributed by atoms with Crippen LogP contribution in [-0.4, -0.2) is 37.9 Å². The SMILES string of the molecule is CCC(C=O)(Cc1ccccc1OC)N(C)C. The van der Waals surface area contributed by atoms with Gasteiger partial charge in [0.25, 0.3) is 0 Å². The lowest BCUT2D eigenvalue weighted by Gasteiger charge is -2.34. The van der Waals surface area contributed by atoms with Gasteiger partial charge in [-0.15, -0.1) is 0 Å². The van der Waals surface area contributed by atoms with Crippen LogP contribution in [0.2, 0.25) is 0 Å². The van der Waals surface area contributed by atoms with Gasteiger partial charge < -0.3 is 9.53 Å². The normalized spacial score (nSPS) is 14.4. The second kappa shape index (κ2) is 5.82. The van der Waals surface area contributed by atoms with Crippen molar-refractivity contribution in [2.24, 2.45) is 0 Å². The van der Waals surface area contributed by atoms with Gasteiger partial charge in [0.1, 0.15) is 12.0 Å². The number of nitrogens with zero attached hydrogens (tertiary/aromatic N) is 1. The summed E-state index contributed by atoms with van der Waals surface area (Å²) in [5, 5.41) is 0. The Kier molecular flexibility index (Phi) is 4.70. The van der Waals surface area contributed by atoms with Gasteiger partial charge in [-0.2, -0.15) is 0 Å². The standard InChI is InChI=1S/C14H21NO2/c1-5-14(11-16,15(2)3)10-12-8-6-7-9-13(12)17-4/h6-9,11H,5,10H2,1-4H3. The lowest BCUT2D eigenvalue weighted by molar-refractivity contribution is -0.117. The maximum atomic E-state index is 11.4. The van der Waals surface area contributed by atoms with Gasteiger partial charge in [0, 0.05) is 6.42 Å². The Bertz CT molecular complexity index is 376. The number of carbonyl (C=O) groups excluding carboxylic acids is 1. The predicted octanol–water partition coefficient (Wildman–Crippen LogP) is 2.15. The van der Waals surface area contributed by atoms with E-state index in [1.54, 1.807) is 7.11 Å². The smallest absolute Gasteiger partial charge is 0.140 e. The van der Waals surface area contributed by atoms with Crippen LogP contribution in [0, 0.1) is 0 Å². The van der Waals surface area contributed by atoms with E-state index in [1.807, 2.05) is 50.2 Å². The van der Waals surface area contributed by atoms with Crippen LogP contribution in [0.4, 0.5) is 0 Å². The fraction of sp³-hybridized carbons (Fsp3) is 0.500. The first kappa shape index (κ1) is 13.7. The van der Waals surface area contributed by atoms with E-state index in [0.717, 1.165) is 24.0 Å². The highest BCUT2D eigenvalue weighted by Crippen LogP contribution is 2.26. The molecular weight excluding hydrogens is 214 g/mol. The number of rotatable bonds is 6. The summed E-state index contributed by atoms with van der Waals surface area (Å²) in [6.07, 6.45) is 2.49. The molecule has 1 aromatic rings. The number of carbonyl (C=O) groups is 1. The average molecular weight is 235 g/mol. The zero-order chi connectivity index (χ0) is 12.9. The predicted molar refractivity (Wildman–Crippen MR) is 69.5 cm³/mol. The van der Waals surface area contributed by atoms with E-state index < -0.39 is 5.54 Å². The highest BCUT2D eigenvalue weighted by molar-refractivity contribution is 5.65. The van der Waals surface area contributed by atoms with Crippen LogP contribution >= 0.6 is 0 Å². The Morgan fingerprint density at radius 2 is 2.00 bits per heavy atom. The van der Waals surface area contributed by atoms with Crippen LogP contribution in [-0.2, 0) is 11.2 Å². The van der Waals surface area contributed by atoms with Crippen LogP contribution < -0.4 is 4.74 Å². The summed E-state index contributed by atoms with van der Waals surface area (Å²) >= 11 is 0. The number of benzene rings is 1. The van der Waals surface area contributed by atoms with Crippen molar-refractivity contribution in [1.29, 1.82) is 0 Å². The third-order valence-electron chi connectivity index (χ3n) is 3.41. The quantitative estimate of drug-likeness (QED) is 0.708. The Balaban J connectivity index is 3.05. The van der Waals surface area contributed by atoms with E-state index in [0.29, 0.717) is 6.42 Å².